The molecule has 8 heteroatoms. The third-order valence-electron chi connectivity index (χ3n) is 4.68. The average molecular weight is 425 g/mol. The van der Waals surface area contributed by atoms with E-state index in [1.807, 2.05) is 55.5 Å². The Morgan fingerprint density at radius 2 is 1.80 bits per heavy atom. The summed E-state index contributed by atoms with van der Waals surface area (Å²) >= 11 is 1.37. The highest BCUT2D eigenvalue weighted by atomic mass is 32.2. The van der Waals surface area contributed by atoms with Crippen LogP contribution < -0.4 is 15.5 Å². The third kappa shape index (κ3) is 4.71. The van der Waals surface area contributed by atoms with E-state index in [0.29, 0.717) is 5.69 Å². The number of carbonyl (C=O) groups is 3. The van der Waals surface area contributed by atoms with E-state index in [1.54, 1.807) is 24.3 Å². The summed E-state index contributed by atoms with van der Waals surface area (Å²) in [6.45, 7) is 3.50. The number of fused-ring (bicyclic) bond motifs is 1. The molecule has 1 aliphatic heterocycles. The number of nitrogens with one attached hydrogen (secondary N) is 2. The van der Waals surface area contributed by atoms with Gasteiger partial charge < -0.3 is 10.6 Å². The molecule has 0 saturated heterocycles. The first-order chi connectivity index (χ1) is 14.4. The average Bonchev–Trinajstić information content (AvgIpc) is 2.85. The predicted octanol–water partition coefficient (Wildman–Crippen LogP) is 2.40. The summed E-state index contributed by atoms with van der Waals surface area (Å²) in [7, 11) is 0. The number of hydrogen-bond donors (Lipinski definition) is 2. The molecule has 1 heterocycles. The molecule has 3 rings (SSSR count). The Labute approximate surface area is 179 Å². The van der Waals surface area contributed by atoms with Crippen LogP contribution in [-0.4, -0.2) is 48.2 Å². The Morgan fingerprint density at radius 3 is 2.50 bits per heavy atom. The molecular weight excluding hydrogens is 400 g/mol. The van der Waals surface area contributed by atoms with Gasteiger partial charge in [-0.15, -0.1) is 0 Å². The second-order valence-corrected chi connectivity index (χ2v) is 7.80. The number of carbonyl (C=O) groups excluding carboxylic acids is 3. The number of hydrogen-bond acceptors (Lipinski definition) is 5. The van der Waals surface area contributed by atoms with Gasteiger partial charge in [0.05, 0.1) is 17.1 Å². The van der Waals surface area contributed by atoms with Gasteiger partial charge in [-0.25, -0.2) is 0 Å². The maximum Gasteiger partial charge on any atom is 0.276 e. The van der Waals surface area contributed by atoms with Crippen molar-refractivity contribution in [2.24, 2.45) is 4.99 Å². The second-order valence-electron chi connectivity index (χ2n) is 6.93. The summed E-state index contributed by atoms with van der Waals surface area (Å²) in [6, 6.07) is 14.2. The molecule has 2 atom stereocenters. The van der Waals surface area contributed by atoms with Gasteiger partial charge >= 0.3 is 0 Å². The molecule has 0 radical (unpaired) electrons. The van der Waals surface area contributed by atoms with Crippen LogP contribution in [0.5, 0.6) is 0 Å². The van der Waals surface area contributed by atoms with Gasteiger partial charge in [0.2, 0.25) is 18.0 Å². The molecule has 0 aliphatic carbocycles. The fourth-order valence-electron chi connectivity index (χ4n) is 3.16. The molecule has 0 bridgehead atoms. The first kappa shape index (κ1) is 21.6. The summed E-state index contributed by atoms with van der Waals surface area (Å²) in [6.07, 6.45) is 2.29. The van der Waals surface area contributed by atoms with E-state index in [0.717, 1.165) is 16.8 Å². The molecule has 3 amide bonds. The zero-order valence-electron chi connectivity index (χ0n) is 17.1. The Bertz CT molecular complexity index is 992. The van der Waals surface area contributed by atoms with Crippen molar-refractivity contribution in [3.05, 3.63) is 59.7 Å². The van der Waals surface area contributed by atoms with Crippen LogP contribution in [0.3, 0.4) is 0 Å². The Morgan fingerprint density at radius 1 is 1.13 bits per heavy atom. The van der Waals surface area contributed by atoms with Crippen LogP contribution in [0.1, 0.15) is 18.1 Å². The highest BCUT2D eigenvalue weighted by Gasteiger charge is 2.32. The lowest BCUT2D eigenvalue weighted by molar-refractivity contribution is -0.130. The molecule has 1 aliphatic rings. The number of para-hydroxylation sites is 2. The van der Waals surface area contributed by atoms with Gasteiger partial charge in [0, 0.05) is 11.8 Å². The van der Waals surface area contributed by atoms with Gasteiger partial charge in [0.15, 0.2) is 0 Å². The van der Waals surface area contributed by atoms with Crippen molar-refractivity contribution >= 4 is 47.1 Å². The highest BCUT2D eigenvalue weighted by molar-refractivity contribution is 7.99. The largest absolute Gasteiger partial charge is 0.344 e. The fourth-order valence-corrected chi connectivity index (χ4v) is 3.51. The lowest BCUT2D eigenvalue weighted by Gasteiger charge is -2.27. The van der Waals surface area contributed by atoms with Crippen molar-refractivity contribution in [3.8, 4) is 0 Å². The van der Waals surface area contributed by atoms with E-state index in [1.165, 1.54) is 11.8 Å². The smallest absolute Gasteiger partial charge is 0.276 e. The summed E-state index contributed by atoms with van der Waals surface area (Å²) in [5.74, 6) is -0.832. The zero-order valence-corrected chi connectivity index (χ0v) is 17.9. The van der Waals surface area contributed by atoms with Crippen LogP contribution in [0.15, 0.2) is 53.5 Å². The highest BCUT2D eigenvalue weighted by Crippen LogP contribution is 2.32. The number of anilines is 2. The number of nitrogens with zero attached hydrogens (tertiary/aromatic N) is 2. The van der Waals surface area contributed by atoms with Gasteiger partial charge in [-0.05, 0) is 37.8 Å². The predicted molar refractivity (Wildman–Crippen MR) is 120 cm³/mol. The van der Waals surface area contributed by atoms with Crippen molar-refractivity contribution in [1.82, 2.24) is 10.6 Å². The summed E-state index contributed by atoms with van der Waals surface area (Å²) < 4.78 is 0. The van der Waals surface area contributed by atoms with E-state index < -0.39 is 18.1 Å². The van der Waals surface area contributed by atoms with Gasteiger partial charge in [-0.3, -0.25) is 24.3 Å². The van der Waals surface area contributed by atoms with Crippen LogP contribution in [0.4, 0.5) is 11.4 Å². The minimum Gasteiger partial charge on any atom is -0.344 e. The van der Waals surface area contributed by atoms with Crippen molar-refractivity contribution in [2.75, 3.05) is 16.9 Å². The molecule has 0 fully saturated rings. The first-order valence-electron chi connectivity index (χ1n) is 9.53. The van der Waals surface area contributed by atoms with E-state index in [-0.39, 0.29) is 17.6 Å². The normalized spacial score (nSPS) is 16.4. The lowest BCUT2D eigenvalue weighted by Crippen LogP contribution is -2.52. The summed E-state index contributed by atoms with van der Waals surface area (Å²) in [5, 5.41) is 5.28. The topological polar surface area (TPSA) is 90.9 Å². The number of aliphatic imine (C=N–C) groups is 1. The minimum atomic E-state index is -1.11. The zero-order chi connectivity index (χ0) is 21.7. The third-order valence-corrected chi connectivity index (χ3v) is 5.23. The van der Waals surface area contributed by atoms with Crippen molar-refractivity contribution < 1.29 is 14.4 Å². The first-order valence-corrected chi connectivity index (χ1v) is 10.9. The molecular formula is C22H24N4O3S. The van der Waals surface area contributed by atoms with E-state index in [4.69, 9.17) is 0 Å². The maximum atomic E-state index is 13.5. The molecule has 0 unspecified atom stereocenters. The van der Waals surface area contributed by atoms with Crippen molar-refractivity contribution in [1.29, 1.82) is 0 Å². The number of thioether (sulfide) groups is 1. The minimum absolute atomic E-state index is 0.241. The number of aryl methyl sites for hydroxylation is 1. The van der Waals surface area contributed by atoms with Gasteiger partial charge in [0.25, 0.3) is 5.91 Å². The van der Waals surface area contributed by atoms with E-state index in [9.17, 15) is 14.4 Å². The fraction of sp³-hybridized carbons (Fsp3) is 0.273. The lowest BCUT2D eigenvalue weighted by atomic mass is 10.1. The standard InChI is InChI=1S/C22H24N4O3S/c1-14-8-4-6-10-17(14)26-18-11-7-5-9-16(18)12-23-20(22(26)29)25-21(28)15(2)24-19(27)13-30-3/h4-12,15,20H,13H2,1-3H3,(H,24,27)(H,25,28)/t15-,20+/m0/s1. The number of amides is 3. The number of benzene rings is 2. The monoisotopic (exact) mass is 424 g/mol. The SMILES string of the molecule is CSCC(=O)N[C@@H](C)C(=O)N[C@H]1N=Cc2ccccc2N(c2ccccc2C)C1=O. The second kappa shape index (κ2) is 9.58. The van der Waals surface area contributed by atoms with E-state index in [2.05, 4.69) is 15.6 Å². The Hall–Kier alpha value is -3.13. The molecule has 0 aromatic heterocycles. The molecule has 0 spiro atoms. The molecule has 7 nitrogen and oxygen atoms in total. The Kier molecular flexibility index (Phi) is 6.89. The number of benzodiazepines with no additional fused rings is 1. The van der Waals surface area contributed by atoms with Crippen LogP contribution >= 0.6 is 11.8 Å². The van der Waals surface area contributed by atoms with Gasteiger partial charge in [0.1, 0.15) is 6.04 Å². The van der Waals surface area contributed by atoms with Crippen LogP contribution in [0.25, 0.3) is 0 Å². The Balaban J connectivity index is 1.89. The quantitative estimate of drug-likeness (QED) is 0.745. The van der Waals surface area contributed by atoms with Gasteiger partial charge in [-0.2, -0.15) is 11.8 Å². The summed E-state index contributed by atoms with van der Waals surface area (Å²) in [4.78, 5) is 43.7. The molecule has 30 heavy (non-hydrogen) atoms. The van der Waals surface area contributed by atoms with Crippen LogP contribution in [0.2, 0.25) is 0 Å². The van der Waals surface area contributed by atoms with Gasteiger partial charge in [-0.1, -0.05) is 36.4 Å². The van der Waals surface area contributed by atoms with Crippen LogP contribution in [-0.2, 0) is 14.4 Å². The summed E-state index contributed by atoms with van der Waals surface area (Å²) in [5.41, 5.74) is 3.11. The maximum absolute atomic E-state index is 13.5. The van der Waals surface area contributed by atoms with Crippen molar-refractivity contribution in [3.63, 3.8) is 0 Å². The molecule has 0 saturated carbocycles. The number of rotatable bonds is 6. The molecule has 2 aromatic rings. The van der Waals surface area contributed by atoms with E-state index >= 15 is 0 Å². The van der Waals surface area contributed by atoms with Crippen LogP contribution in [0, 0.1) is 6.92 Å². The van der Waals surface area contributed by atoms with Crippen molar-refractivity contribution in [2.45, 2.75) is 26.1 Å². The molecule has 2 aromatic carbocycles. The molecule has 156 valence electrons. The molecule has 2 N–H and O–H groups in total.